The highest BCUT2D eigenvalue weighted by molar-refractivity contribution is 5.16. The van der Waals surface area contributed by atoms with Crippen molar-refractivity contribution >= 4 is 0 Å². The number of rotatable bonds is 2. The van der Waals surface area contributed by atoms with Crippen molar-refractivity contribution in [3.05, 3.63) is 18.2 Å². The molecule has 0 amide bonds. The summed E-state index contributed by atoms with van der Waals surface area (Å²) >= 11 is 0. The molecule has 0 aromatic carbocycles. The third-order valence-electron chi connectivity index (χ3n) is 1.81. The minimum absolute atomic E-state index is 0.297. The lowest BCUT2D eigenvalue weighted by atomic mass is 10.2. The van der Waals surface area contributed by atoms with E-state index >= 15 is 0 Å². The van der Waals surface area contributed by atoms with Crippen LogP contribution in [0.1, 0.15) is 38.6 Å². The Morgan fingerprint density at radius 2 is 2.23 bits per heavy atom. The topological polar surface area (TPSA) is 38.1 Å². The monoisotopic (exact) mass is 178 g/mol. The molecule has 0 saturated carbocycles. The molecule has 0 aliphatic carbocycles. The van der Waals surface area contributed by atoms with Crippen LogP contribution >= 0.6 is 0 Å². The number of hydrogen-bond donors (Lipinski definition) is 1. The van der Waals surface area contributed by atoms with Crippen molar-refractivity contribution in [1.82, 2.24) is 9.55 Å². The first-order valence-electron chi connectivity index (χ1n) is 4.29. The van der Waals surface area contributed by atoms with Gasteiger partial charge in [0, 0.05) is 6.04 Å². The van der Waals surface area contributed by atoms with Crippen LogP contribution in [0.3, 0.4) is 0 Å². The highest BCUT2D eigenvalue weighted by Crippen LogP contribution is 2.15. The highest BCUT2D eigenvalue weighted by atomic mass is 16.3. The van der Waals surface area contributed by atoms with Gasteiger partial charge in [-0.3, -0.25) is 0 Å². The van der Waals surface area contributed by atoms with Gasteiger partial charge in [0.2, 0.25) is 0 Å². The molecule has 1 atom stereocenters. The molecule has 1 N–H and O–H groups in total. The summed E-state index contributed by atoms with van der Waals surface area (Å²) in [5.74, 6) is 5.37. The number of imidazole rings is 1. The van der Waals surface area contributed by atoms with Gasteiger partial charge in [-0.1, -0.05) is 5.92 Å². The van der Waals surface area contributed by atoms with Crippen molar-refractivity contribution in [2.45, 2.75) is 32.9 Å². The maximum atomic E-state index is 9.60. The van der Waals surface area contributed by atoms with Crippen LogP contribution in [0.15, 0.2) is 12.5 Å². The molecule has 0 aliphatic rings. The summed E-state index contributed by atoms with van der Waals surface area (Å²) in [7, 11) is 0. The van der Waals surface area contributed by atoms with Gasteiger partial charge in [0.05, 0.1) is 18.2 Å². The van der Waals surface area contributed by atoms with Crippen molar-refractivity contribution in [1.29, 1.82) is 0 Å². The van der Waals surface area contributed by atoms with Crippen LogP contribution in [0, 0.1) is 11.8 Å². The number of aliphatic hydroxyl groups excluding tert-OH is 1. The Morgan fingerprint density at radius 1 is 1.54 bits per heavy atom. The van der Waals surface area contributed by atoms with E-state index in [9.17, 15) is 5.11 Å². The molecule has 1 rings (SSSR count). The third-order valence-corrected chi connectivity index (χ3v) is 1.81. The number of aliphatic hydroxyl groups is 1. The average molecular weight is 178 g/mol. The summed E-state index contributed by atoms with van der Waals surface area (Å²) in [4.78, 5) is 3.98. The lowest BCUT2D eigenvalue weighted by molar-refractivity contribution is 0.225. The quantitative estimate of drug-likeness (QED) is 0.697. The van der Waals surface area contributed by atoms with E-state index in [-0.39, 0.29) is 0 Å². The zero-order valence-electron chi connectivity index (χ0n) is 8.15. The van der Waals surface area contributed by atoms with Crippen molar-refractivity contribution in [3.8, 4) is 11.8 Å². The summed E-state index contributed by atoms with van der Waals surface area (Å²) in [5.41, 5.74) is 0.754. The predicted molar refractivity (Wildman–Crippen MR) is 51.0 cm³/mol. The summed E-state index contributed by atoms with van der Waals surface area (Å²) < 4.78 is 1.91. The summed E-state index contributed by atoms with van der Waals surface area (Å²) in [6.45, 7) is 5.79. The van der Waals surface area contributed by atoms with E-state index in [0.29, 0.717) is 6.04 Å². The van der Waals surface area contributed by atoms with Gasteiger partial charge in [0.25, 0.3) is 0 Å². The molecule has 1 aromatic heterocycles. The second-order valence-electron chi connectivity index (χ2n) is 3.12. The minimum atomic E-state index is -0.727. The molecule has 0 saturated heterocycles. The zero-order chi connectivity index (χ0) is 9.84. The summed E-state index contributed by atoms with van der Waals surface area (Å²) in [6, 6.07) is 0.297. The van der Waals surface area contributed by atoms with Crippen molar-refractivity contribution in [3.63, 3.8) is 0 Å². The number of nitrogens with zero attached hydrogens (tertiary/aromatic N) is 2. The Hall–Kier alpha value is -1.27. The van der Waals surface area contributed by atoms with Gasteiger partial charge < -0.3 is 9.67 Å². The predicted octanol–water partition coefficient (Wildman–Crippen LogP) is 1.52. The fourth-order valence-corrected chi connectivity index (χ4v) is 1.17. The molecule has 0 aliphatic heterocycles. The van der Waals surface area contributed by atoms with Crippen LogP contribution < -0.4 is 0 Å². The smallest absolute Gasteiger partial charge is 0.156 e. The lowest BCUT2D eigenvalue weighted by Gasteiger charge is -2.12. The van der Waals surface area contributed by atoms with Gasteiger partial charge in [0.15, 0.2) is 6.10 Å². The summed E-state index contributed by atoms with van der Waals surface area (Å²) in [6.07, 6.45) is 2.63. The number of hydrogen-bond acceptors (Lipinski definition) is 2. The standard InChI is InChI=1S/C10H14N2O/c1-4-5-10(13)9-6-11-7-12(9)8(2)3/h6-8,10,13H,1-3H3. The molecule has 1 aromatic rings. The molecule has 0 fully saturated rings. The second-order valence-corrected chi connectivity index (χ2v) is 3.12. The van der Waals surface area contributed by atoms with Crippen LogP contribution in [0.25, 0.3) is 0 Å². The van der Waals surface area contributed by atoms with Gasteiger partial charge >= 0.3 is 0 Å². The fourth-order valence-electron chi connectivity index (χ4n) is 1.17. The fraction of sp³-hybridized carbons (Fsp3) is 0.500. The molecule has 3 nitrogen and oxygen atoms in total. The van der Waals surface area contributed by atoms with E-state index in [1.165, 1.54) is 0 Å². The van der Waals surface area contributed by atoms with Gasteiger partial charge in [-0.05, 0) is 20.8 Å². The normalized spacial score (nSPS) is 12.4. The lowest BCUT2D eigenvalue weighted by Crippen LogP contribution is -2.07. The molecule has 0 radical (unpaired) electrons. The van der Waals surface area contributed by atoms with E-state index in [4.69, 9.17) is 0 Å². The van der Waals surface area contributed by atoms with Crippen LogP contribution in [0.5, 0.6) is 0 Å². The van der Waals surface area contributed by atoms with Crippen LogP contribution in [0.2, 0.25) is 0 Å². The molecule has 13 heavy (non-hydrogen) atoms. The Balaban J connectivity index is 2.97. The van der Waals surface area contributed by atoms with Gasteiger partial charge in [-0.2, -0.15) is 0 Å². The molecular formula is C10H14N2O. The Morgan fingerprint density at radius 3 is 2.77 bits per heavy atom. The van der Waals surface area contributed by atoms with Crippen LogP contribution in [-0.4, -0.2) is 14.7 Å². The molecule has 70 valence electrons. The Kier molecular flexibility index (Phi) is 3.10. The van der Waals surface area contributed by atoms with Crippen molar-refractivity contribution in [2.24, 2.45) is 0 Å². The Bertz CT molecular complexity index is 330. The zero-order valence-corrected chi connectivity index (χ0v) is 8.15. The third kappa shape index (κ3) is 2.10. The number of aromatic nitrogens is 2. The first kappa shape index (κ1) is 9.82. The van der Waals surface area contributed by atoms with E-state index < -0.39 is 6.10 Å². The van der Waals surface area contributed by atoms with Crippen LogP contribution in [0.4, 0.5) is 0 Å². The highest BCUT2D eigenvalue weighted by Gasteiger charge is 2.11. The van der Waals surface area contributed by atoms with Crippen LogP contribution in [-0.2, 0) is 0 Å². The largest absolute Gasteiger partial charge is 0.374 e. The summed E-state index contributed by atoms with van der Waals surface area (Å²) in [5, 5.41) is 9.60. The first-order valence-corrected chi connectivity index (χ1v) is 4.29. The van der Waals surface area contributed by atoms with Crippen molar-refractivity contribution in [2.75, 3.05) is 0 Å². The molecule has 1 unspecified atom stereocenters. The van der Waals surface area contributed by atoms with E-state index in [0.717, 1.165) is 5.69 Å². The maximum absolute atomic E-state index is 9.60. The molecule has 0 spiro atoms. The first-order chi connectivity index (χ1) is 6.16. The van der Waals surface area contributed by atoms with Gasteiger partial charge in [0.1, 0.15) is 0 Å². The maximum Gasteiger partial charge on any atom is 0.156 e. The second kappa shape index (κ2) is 4.11. The van der Waals surface area contributed by atoms with Gasteiger partial charge in [-0.25, -0.2) is 4.98 Å². The molecule has 1 heterocycles. The Labute approximate surface area is 78.4 Å². The van der Waals surface area contributed by atoms with Crippen molar-refractivity contribution < 1.29 is 5.11 Å². The van der Waals surface area contributed by atoms with E-state index in [1.54, 1.807) is 19.4 Å². The SMILES string of the molecule is CC#CC(O)c1cncn1C(C)C. The average Bonchev–Trinajstić information content (AvgIpc) is 2.52. The molecule has 0 bridgehead atoms. The van der Waals surface area contributed by atoms with Gasteiger partial charge in [-0.15, -0.1) is 5.92 Å². The van der Waals surface area contributed by atoms with E-state index in [2.05, 4.69) is 16.8 Å². The molecule has 3 heteroatoms. The van der Waals surface area contributed by atoms with E-state index in [1.807, 2.05) is 18.4 Å². The minimum Gasteiger partial charge on any atom is -0.374 e. The molecular weight excluding hydrogens is 164 g/mol.